The highest BCUT2D eigenvalue weighted by Gasteiger charge is 2.08. The number of anilines is 2. The highest BCUT2D eigenvalue weighted by Crippen LogP contribution is 2.16. The summed E-state index contributed by atoms with van der Waals surface area (Å²) < 4.78 is 5.81. The van der Waals surface area contributed by atoms with E-state index < -0.39 is 0 Å². The lowest BCUT2D eigenvalue weighted by Gasteiger charge is -2.13. The minimum Gasteiger partial charge on any atom is -0.374 e. The molecular weight excluding hydrogens is 390 g/mol. The molecule has 0 bridgehead atoms. The molecule has 0 aliphatic heterocycles. The Bertz CT molecular complexity index is 960. The molecule has 0 aromatic heterocycles. The van der Waals surface area contributed by atoms with Crippen molar-refractivity contribution in [3.05, 3.63) is 96.1 Å². The van der Waals surface area contributed by atoms with Gasteiger partial charge in [0.25, 0.3) is 5.91 Å². The summed E-state index contributed by atoms with van der Waals surface area (Å²) in [6.07, 6.45) is 0.749. The molecule has 3 amide bonds. The molecule has 3 aromatic rings. The van der Waals surface area contributed by atoms with Crippen molar-refractivity contribution in [3.8, 4) is 0 Å². The first-order valence-electron chi connectivity index (χ1n) is 10.3. The summed E-state index contributed by atoms with van der Waals surface area (Å²) in [5.41, 5.74) is 2.98. The van der Waals surface area contributed by atoms with Gasteiger partial charge in [0.2, 0.25) is 0 Å². The van der Waals surface area contributed by atoms with E-state index in [1.54, 1.807) is 36.4 Å². The van der Waals surface area contributed by atoms with Crippen molar-refractivity contribution in [2.24, 2.45) is 0 Å². The van der Waals surface area contributed by atoms with Crippen LogP contribution in [0.25, 0.3) is 0 Å². The molecule has 0 saturated heterocycles. The average molecular weight is 418 g/mol. The number of para-hydroxylation sites is 1. The number of ether oxygens (including phenoxy) is 1. The van der Waals surface area contributed by atoms with E-state index in [-0.39, 0.29) is 18.0 Å². The van der Waals surface area contributed by atoms with Crippen molar-refractivity contribution >= 4 is 23.3 Å². The minimum absolute atomic E-state index is 0.0241. The van der Waals surface area contributed by atoms with Crippen LogP contribution in [0.5, 0.6) is 0 Å². The zero-order valence-corrected chi connectivity index (χ0v) is 17.5. The van der Waals surface area contributed by atoms with E-state index in [0.29, 0.717) is 30.1 Å². The van der Waals surface area contributed by atoms with Crippen LogP contribution in [0.3, 0.4) is 0 Å². The third-order valence-corrected chi connectivity index (χ3v) is 4.68. The van der Waals surface area contributed by atoms with E-state index in [0.717, 1.165) is 12.0 Å². The molecule has 1 unspecified atom stereocenters. The molecule has 3 N–H and O–H groups in total. The number of nitrogens with one attached hydrogen (secondary N) is 3. The third-order valence-electron chi connectivity index (χ3n) is 4.68. The summed E-state index contributed by atoms with van der Waals surface area (Å²) in [6, 6.07) is 25.6. The Labute approximate surface area is 182 Å². The molecule has 0 spiro atoms. The fourth-order valence-electron chi connectivity index (χ4n) is 2.98. The topological polar surface area (TPSA) is 79.5 Å². The Balaban J connectivity index is 1.36. The highest BCUT2D eigenvalue weighted by molar-refractivity contribution is 6.00. The van der Waals surface area contributed by atoms with Crippen LogP contribution in [0.1, 0.15) is 35.4 Å². The third kappa shape index (κ3) is 7.28. The smallest absolute Gasteiger partial charge is 0.323 e. The van der Waals surface area contributed by atoms with Gasteiger partial charge in [0.1, 0.15) is 0 Å². The number of hydrogen-bond donors (Lipinski definition) is 3. The maximum absolute atomic E-state index is 12.3. The Hall–Kier alpha value is -3.64. The van der Waals surface area contributed by atoms with Gasteiger partial charge in [-0.3, -0.25) is 4.79 Å². The lowest BCUT2D eigenvalue weighted by molar-refractivity contribution is 0.0635. The first kappa shape index (κ1) is 22.1. The summed E-state index contributed by atoms with van der Waals surface area (Å²) in [4.78, 5) is 24.3. The van der Waals surface area contributed by atoms with E-state index in [4.69, 9.17) is 4.74 Å². The Morgan fingerprint density at radius 3 is 2.03 bits per heavy atom. The predicted octanol–water partition coefficient (Wildman–Crippen LogP) is 5.23. The highest BCUT2D eigenvalue weighted by atomic mass is 16.5. The molecule has 0 aliphatic rings. The molecule has 3 rings (SSSR count). The standard InChI is InChI=1S/C25H27N3O3/c1-19(20-9-4-2-5-10-20)31-18-8-17-26-24(29)21-13-15-23(16-14-21)28-25(30)27-22-11-6-3-7-12-22/h2-7,9-16,19H,8,17-18H2,1H3,(H,26,29)(H2,27,28,30). The molecule has 31 heavy (non-hydrogen) atoms. The molecule has 160 valence electrons. The predicted molar refractivity (Wildman–Crippen MR) is 123 cm³/mol. The number of carbonyl (C=O) groups excluding carboxylic acids is 2. The number of urea groups is 1. The van der Waals surface area contributed by atoms with Crippen molar-refractivity contribution in [2.45, 2.75) is 19.4 Å². The molecule has 0 fully saturated rings. The second-order valence-electron chi connectivity index (χ2n) is 7.06. The average Bonchev–Trinajstić information content (AvgIpc) is 2.80. The summed E-state index contributed by atoms with van der Waals surface area (Å²) in [6.45, 7) is 3.11. The van der Waals surface area contributed by atoms with Crippen molar-refractivity contribution in [2.75, 3.05) is 23.8 Å². The number of benzene rings is 3. The van der Waals surface area contributed by atoms with Gasteiger partial charge >= 0.3 is 6.03 Å². The van der Waals surface area contributed by atoms with Crippen LogP contribution in [0.4, 0.5) is 16.2 Å². The molecule has 6 nitrogen and oxygen atoms in total. The quantitative estimate of drug-likeness (QED) is 0.417. The molecular formula is C25H27N3O3. The van der Waals surface area contributed by atoms with Gasteiger partial charge in [0.15, 0.2) is 0 Å². The van der Waals surface area contributed by atoms with Gasteiger partial charge in [0.05, 0.1) is 6.10 Å². The second kappa shape index (κ2) is 11.5. The van der Waals surface area contributed by atoms with Crippen LogP contribution in [0, 0.1) is 0 Å². The second-order valence-corrected chi connectivity index (χ2v) is 7.06. The van der Waals surface area contributed by atoms with Crippen LogP contribution in [-0.2, 0) is 4.74 Å². The zero-order chi connectivity index (χ0) is 21.9. The fourth-order valence-corrected chi connectivity index (χ4v) is 2.98. The Morgan fingerprint density at radius 1 is 0.806 bits per heavy atom. The van der Waals surface area contributed by atoms with Gasteiger partial charge in [-0.2, -0.15) is 0 Å². The maximum atomic E-state index is 12.3. The summed E-state index contributed by atoms with van der Waals surface area (Å²) in [5.74, 6) is -0.156. The first-order valence-corrected chi connectivity index (χ1v) is 10.3. The van der Waals surface area contributed by atoms with Crippen molar-refractivity contribution in [1.29, 1.82) is 0 Å². The lowest BCUT2D eigenvalue weighted by Crippen LogP contribution is -2.25. The van der Waals surface area contributed by atoms with E-state index in [2.05, 4.69) is 16.0 Å². The number of amides is 3. The maximum Gasteiger partial charge on any atom is 0.323 e. The van der Waals surface area contributed by atoms with Gasteiger partial charge in [-0.25, -0.2) is 4.79 Å². The van der Waals surface area contributed by atoms with E-state index in [1.807, 2.05) is 55.5 Å². The minimum atomic E-state index is -0.340. The summed E-state index contributed by atoms with van der Waals surface area (Å²) in [5, 5.41) is 8.37. The van der Waals surface area contributed by atoms with Crippen molar-refractivity contribution in [1.82, 2.24) is 5.32 Å². The monoisotopic (exact) mass is 417 g/mol. The molecule has 6 heteroatoms. The zero-order valence-electron chi connectivity index (χ0n) is 17.5. The first-order chi connectivity index (χ1) is 15.1. The van der Waals surface area contributed by atoms with Gasteiger partial charge < -0.3 is 20.7 Å². The fraction of sp³-hybridized carbons (Fsp3) is 0.200. The van der Waals surface area contributed by atoms with Crippen molar-refractivity contribution < 1.29 is 14.3 Å². The number of carbonyl (C=O) groups is 2. The normalized spacial score (nSPS) is 11.4. The van der Waals surface area contributed by atoms with E-state index >= 15 is 0 Å². The van der Waals surface area contributed by atoms with Crippen LogP contribution in [0.2, 0.25) is 0 Å². The number of rotatable bonds is 9. The Morgan fingerprint density at radius 2 is 1.39 bits per heavy atom. The summed E-state index contributed by atoms with van der Waals surface area (Å²) in [7, 11) is 0. The number of hydrogen-bond acceptors (Lipinski definition) is 3. The van der Waals surface area contributed by atoms with Gasteiger partial charge in [-0.05, 0) is 55.3 Å². The van der Waals surface area contributed by atoms with Crippen LogP contribution in [0.15, 0.2) is 84.9 Å². The molecule has 0 heterocycles. The van der Waals surface area contributed by atoms with Gasteiger partial charge in [-0.15, -0.1) is 0 Å². The van der Waals surface area contributed by atoms with Crippen molar-refractivity contribution in [3.63, 3.8) is 0 Å². The van der Waals surface area contributed by atoms with Gasteiger partial charge in [-0.1, -0.05) is 48.5 Å². The van der Waals surface area contributed by atoms with Crippen LogP contribution >= 0.6 is 0 Å². The van der Waals surface area contributed by atoms with Crippen LogP contribution < -0.4 is 16.0 Å². The molecule has 0 radical (unpaired) electrons. The molecule has 3 aromatic carbocycles. The SMILES string of the molecule is CC(OCCCNC(=O)c1ccc(NC(=O)Nc2ccccc2)cc1)c1ccccc1. The molecule has 0 aliphatic carbocycles. The van der Waals surface area contributed by atoms with Crippen LogP contribution in [-0.4, -0.2) is 25.1 Å². The summed E-state index contributed by atoms with van der Waals surface area (Å²) >= 11 is 0. The Kier molecular flexibility index (Phi) is 8.20. The van der Waals surface area contributed by atoms with Gasteiger partial charge in [0, 0.05) is 30.1 Å². The lowest BCUT2D eigenvalue weighted by atomic mass is 10.1. The van der Waals surface area contributed by atoms with E-state index in [1.165, 1.54) is 0 Å². The van der Waals surface area contributed by atoms with E-state index in [9.17, 15) is 9.59 Å². The molecule has 0 saturated carbocycles. The largest absolute Gasteiger partial charge is 0.374 e. The molecule has 1 atom stereocenters.